The van der Waals surface area contributed by atoms with Crippen LogP contribution in [0.15, 0.2) is 17.0 Å². The van der Waals surface area contributed by atoms with Crippen LogP contribution in [-0.2, 0) is 0 Å². The lowest BCUT2D eigenvalue weighted by molar-refractivity contribution is -0.176. The van der Waals surface area contributed by atoms with E-state index in [4.69, 9.17) is 0 Å². The van der Waals surface area contributed by atoms with E-state index in [1.54, 1.807) is 11.1 Å². The number of aromatic nitrogens is 2. The zero-order chi connectivity index (χ0) is 12.5. The van der Waals surface area contributed by atoms with Crippen LogP contribution in [0.5, 0.6) is 0 Å². The minimum absolute atomic E-state index is 0.0287. The van der Waals surface area contributed by atoms with E-state index in [1.807, 2.05) is 0 Å². The van der Waals surface area contributed by atoms with Crippen LogP contribution in [0.3, 0.4) is 0 Å². The number of hydrogen-bond acceptors (Lipinski definition) is 3. The predicted octanol–water partition coefficient (Wildman–Crippen LogP) is 3.02. The van der Waals surface area contributed by atoms with Crippen LogP contribution in [0.4, 0.5) is 19.0 Å². The van der Waals surface area contributed by atoms with Crippen LogP contribution < -0.4 is 4.90 Å². The molecule has 1 aromatic rings. The summed E-state index contributed by atoms with van der Waals surface area (Å²) >= 11 is 3.25. The third-order valence-electron chi connectivity index (χ3n) is 2.83. The molecule has 0 spiro atoms. The molecular formula is C10H11BrF3N3. The van der Waals surface area contributed by atoms with Crippen molar-refractivity contribution in [3.05, 3.63) is 17.0 Å². The highest BCUT2D eigenvalue weighted by atomic mass is 79.9. The molecule has 1 fully saturated rings. The van der Waals surface area contributed by atoms with Gasteiger partial charge in [-0.3, -0.25) is 0 Å². The summed E-state index contributed by atoms with van der Waals surface area (Å²) < 4.78 is 38.6. The third-order valence-corrected chi connectivity index (χ3v) is 3.39. The van der Waals surface area contributed by atoms with Crippen molar-refractivity contribution in [2.75, 3.05) is 18.0 Å². The van der Waals surface area contributed by atoms with Gasteiger partial charge in [0.1, 0.15) is 12.1 Å². The first-order chi connectivity index (χ1) is 7.98. The molecule has 17 heavy (non-hydrogen) atoms. The van der Waals surface area contributed by atoms with Gasteiger partial charge in [0.15, 0.2) is 0 Å². The fourth-order valence-electron chi connectivity index (χ4n) is 1.98. The van der Waals surface area contributed by atoms with Gasteiger partial charge in [0.05, 0.1) is 10.4 Å². The zero-order valence-electron chi connectivity index (χ0n) is 8.91. The largest absolute Gasteiger partial charge is 0.393 e. The number of piperidine rings is 1. The highest BCUT2D eigenvalue weighted by Gasteiger charge is 2.42. The van der Waals surface area contributed by atoms with Gasteiger partial charge in [0, 0.05) is 19.3 Å². The van der Waals surface area contributed by atoms with Crippen molar-refractivity contribution in [1.29, 1.82) is 0 Å². The van der Waals surface area contributed by atoms with Crippen LogP contribution in [0.1, 0.15) is 12.8 Å². The maximum absolute atomic E-state index is 12.7. The summed E-state index contributed by atoms with van der Waals surface area (Å²) in [5.41, 5.74) is 0. The summed E-state index contributed by atoms with van der Waals surface area (Å²) in [5, 5.41) is 0. The Balaban J connectivity index is 2.15. The van der Waals surface area contributed by atoms with Crippen LogP contribution in [0, 0.1) is 5.92 Å². The quantitative estimate of drug-likeness (QED) is 0.798. The Bertz CT molecular complexity index is 397. The first-order valence-electron chi connectivity index (χ1n) is 5.25. The summed E-state index contributed by atoms with van der Waals surface area (Å²) in [7, 11) is 0. The lowest BCUT2D eigenvalue weighted by Gasteiger charge is -2.34. The second kappa shape index (κ2) is 4.80. The normalized spacial score (nSPS) is 21.6. The van der Waals surface area contributed by atoms with Gasteiger partial charge in [-0.2, -0.15) is 13.2 Å². The molecule has 2 heterocycles. The number of rotatable bonds is 1. The summed E-state index contributed by atoms with van der Waals surface area (Å²) in [4.78, 5) is 9.48. The second-order valence-electron chi connectivity index (χ2n) is 4.02. The Labute approximate surface area is 105 Å². The van der Waals surface area contributed by atoms with E-state index in [0.29, 0.717) is 23.3 Å². The maximum Gasteiger partial charge on any atom is 0.393 e. The molecule has 2 rings (SSSR count). The lowest BCUT2D eigenvalue weighted by atomic mass is 9.97. The van der Waals surface area contributed by atoms with E-state index >= 15 is 0 Å². The summed E-state index contributed by atoms with van der Waals surface area (Å²) in [6.45, 7) is 0.571. The fourth-order valence-corrected chi connectivity index (χ4v) is 2.45. The molecule has 1 aromatic heterocycles. The van der Waals surface area contributed by atoms with E-state index in [0.717, 1.165) is 0 Å². The van der Waals surface area contributed by atoms with E-state index < -0.39 is 12.1 Å². The molecule has 0 bridgehead atoms. The summed E-state index contributed by atoms with van der Waals surface area (Å²) in [5.74, 6) is -0.730. The topological polar surface area (TPSA) is 29.0 Å². The van der Waals surface area contributed by atoms with Gasteiger partial charge in [0.2, 0.25) is 0 Å². The van der Waals surface area contributed by atoms with Gasteiger partial charge in [0.25, 0.3) is 0 Å². The van der Waals surface area contributed by atoms with Crippen LogP contribution >= 0.6 is 15.9 Å². The molecule has 1 atom stereocenters. The monoisotopic (exact) mass is 309 g/mol. The standard InChI is InChI=1S/C10H11BrF3N3/c11-8-4-15-6-16-9(8)17-3-1-2-7(5-17)10(12,13)14/h4,6-7H,1-3,5H2. The lowest BCUT2D eigenvalue weighted by Crippen LogP contribution is -2.42. The molecule has 0 saturated carbocycles. The summed E-state index contributed by atoms with van der Waals surface area (Å²) in [6, 6.07) is 0. The first kappa shape index (κ1) is 12.6. The minimum Gasteiger partial charge on any atom is -0.355 e. The van der Waals surface area contributed by atoms with E-state index in [2.05, 4.69) is 25.9 Å². The van der Waals surface area contributed by atoms with Crippen molar-refractivity contribution in [3.8, 4) is 0 Å². The average Bonchev–Trinajstić information content (AvgIpc) is 2.29. The highest BCUT2D eigenvalue weighted by Crippen LogP contribution is 2.35. The average molecular weight is 310 g/mol. The molecule has 0 aliphatic carbocycles. The highest BCUT2D eigenvalue weighted by molar-refractivity contribution is 9.10. The second-order valence-corrected chi connectivity index (χ2v) is 4.88. The molecule has 0 N–H and O–H groups in total. The van der Waals surface area contributed by atoms with E-state index in [1.165, 1.54) is 6.33 Å². The first-order valence-corrected chi connectivity index (χ1v) is 6.05. The van der Waals surface area contributed by atoms with Crippen LogP contribution in [0.25, 0.3) is 0 Å². The molecular weight excluding hydrogens is 299 g/mol. The third kappa shape index (κ3) is 2.88. The molecule has 94 valence electrons. The number of halogens is 4. The zero-order valence-corrected chi connectivity index (χ0v) is 10.5. The maximum atomic E-state index is 12.7. The van der Waals surface area contributed by atoms with Gasteiger partial charge < -0.3 is 4.90 Å². The van der Waals surface area contributed by atoms with Crippen LogP contribution in [0.2, 0.25) is 0 Å². The predicted molar refractivity (Wildman–Crippen MR) is 60.7 cm³/mol. The number of alkyl halides is 3. The Kier molecular flexibility index (Phi) is 3.56. The minimum atomic E-state index is -4.13. The number of hydrogen-bond donors (Lipinski definition) is 0. The molecule has 1 unspecified atom stereocenters. The van der Waals surface area contributed by atoms with E-state index in [9.17, 15) is 13.2 Å². The van der Waals surface area contributed by atoms with Crippen LogP contribution in [-0.4, -0.2) is 29.2 Å². The van der Waals surface area contributed by atoms with E-state index in [-0.39, 0.29) is 13.0 Å². The van der Waals surface area contributed by atoms with Crippen molar-refractivity contribution in [2.45, 2.75) is 19.0 Å². The van der Waals surface area contributed by atoms with Gasteiger partial charge in [-0.15, -0.1) is 0 Å². The Morgan fingerprint density at radius 1 is 1.41 bits per heavy atom. The van der Waals surface area contributed by atoms with Crippen molar-refractivity contribution >= 4 is 21.7 Å². The van der Waals surface area contributed by atoms with Crippen molar-refractivity contribution in [3.63, 3.8) is 0 Å². The molecule has 0 aromatic carbocycles. The Morgan fingerprint density at radius 2 is 2.18 bits per heavy atom. The van der Waals surface area contributed by atoms with Crippen molar-refractivity contribution < 1.29 is 13.2 Å². The molecule has 1 aliphatic rings. The molecule has 1 saturated heterocycles. The Hall–Kier alpha value is -0.850. The van der Waals surface area contributed by atoms with Gasteiger partial charge in [-0.25, -0.2) is 9.97 Å². The van der Waals surface area contributed by atoms with Gasteiger partial charge in [-0.1, -0.05) is 0 Å². The van der Waals surface area contributed by atoms with Gasteiger partial charge >= 0.3 is 6.18 Å². The molecule has 0 amide bonds. The molecule has 1 aliphatic heterocycles. The number of anilines is 1. The number of nitrogens with zero attached hydrogens (tertiary/aromatic N) is 3. The fraction of sp³-hybridized carbons (Fsp3) is 0.600. The Morgan fingerprint density at radius 3 is 2.82 bits per heavy atom. The molecule has 3 nitrogen and oxygen atoms in total. The SMILES string of the molecule is FC(F)(F)C1CCCN(c2ncncc2Br)C1. The molecule has 0 radical (unpaired) electrons. The van der Waals surface area contributed by atoms with Crippen molar-refractivity contribution in [1.82, 2.24) is 9.97 Å². The molecule has 7 heteroatoms. The van der Waals surface area contributed by atoms with Gasteiger partial charge in [-0.05, 0) is 28.8 Å². The summed E-state index contributed by atoms with van der Waals surface area (Å²) in [6.07, 6.45) is -0.516. The van der Waals surface area contributed by atoms with Crippen molar-refractivity contribution in [2.24, 2.45) is 5.92 Å². The smallest absolute Gasteiger partial charge is 0.355 e.